The van der Waals surface area contributed by atoms with Gasteiger partial charge in [0.15, 0.2) is 5.79 Å². The number of ether oxygens (including phenoxy) is 3. The Morgan fingerprint density at radius 3 is 2.94 bits per heavy atom. The third-order valence-corrected chi connectivity index (χ3v) is 3.61. The summed E-state index contributed by atoms with van der Waals surface area (Å²) >= 11 is 0. The summed E-state index contributed by atoms with van der Waals surface area (Å²) < 4.78 is 16.1. The molecule has 2 fully saturated rings. The smallest absolute Gasteiger partial charge is 0.330 e. The molecule has 0 aromatic rings. The molecule has 0 radical (unpaired) electrons. The molecule has 1 saturated heterocycles. The van der Waals surface area contributed by atoms with E-state index in [1.165, 1.54) is 19.6 Å². The molecular formula is C13H20O4. The summed E-state index contributed by atoms with van der Waals surface area (Å²) in [4.78, 5) is 10.9. The van der Waals surface area contributed by atoms with Gasteiger partial charge in [-0.1, -0.05) is 6.08 Å². The lowest BCUT2D eigenvalue weighted by molar-refractivity contribution is -0.182. The average Bonchev–Trinajstić information content (AvgIpc) is 2.96. The Hall–Kier alpha value is -0.870. The van der Waals surface area contributed by atoms with E-state index in [0.717, 1.165) is 25.7 Å². The van der Waals surface area contributed by atoms with Crippen LogP contribution in [0.1, 0.15) is 32.1 Å². The summed E-state index contributed by atoms with van der Waals surface area (Å²) in [5.41, 5.74) is 0. The SMILES string of the molecule is COC(=O)/C=C/CCC1CCCC12OCCO2. The predicted octanol–water partition coefficient (Wildman–Crippen LogP) is 2.04. The summed E-state index contributed by atoms with van der Waals surface area (Å²) in [6.45, 7) is 1.43. The minimum atomic E-state index is -0.306. The van der Waals surface area contributed by atoms with Gasteiger partial charge in [-0.25, -0.2) is 4.79 Å². The van der Waals surface area contributed by atoms with Gasteiger partial charge in [0.25, 0.3) is 0 Å². The highest BCUT2D eigenvalue weighted by Crippen LogP contribution is 2.44. The van der Waals surface area contributed by atoms with Gasteiger partial charge in [0, 0.05) is 18.4 Å². The van der Waals surface area contributed by atoms with Crippen LogP contribution < -0.4 is 0 Å². The van der Waals surface area contributed by atoms with Crippen molar-refractivity contribution in [2.24, 2.45) is 5.92 Å². The molecule has 0 amide bonds. The van der Waals surface area contributed by atoms with E-state index in [4.69, 9.17) is 9.47 Å². The largest absolute Gasteiger partial charge is 0.466 e. The quantitative estimate of drug-likeness (QED) is 0.557. The molecule has 0 aromatic carbocycles. The number of allylic oxidation sites excluding steroid dienone is 1. The van der Waals surface area contributed by atoms with Crippen LogP contribution in [0.4, 0.5) is 0 Å². The summed E-state index contributed by atoms with van der Waals surface area (Å²) in [5.74, 6) is -0.133. The number of rotatable bonds is 4. The van der Waals surface area contributed by atoms with Crippen molar-refractivity contribution in [1.82, 2.24) is 0 Å². The molecule has 0 aromatic heterocycles. The Kier molecular flexibility index (Phi) is 4.18. The lowest BCUT2D eigenvalue weighted by Gasteiger charge is -2.29. The van der Waals surface area contributed by atoms with Crippen LogP contribution in [0.15, 0.2) is 12.2 Å². The molecule has 1 atom stereocenters. The molecule has 2 rings (SSSR count). The minimum absolute atomic E-state index is 0.292. The predicted molar refractivity (Wildman–Crippen MR) is 62.4 cm³/mol. The van der Waals surface area contributed by atoms with Gasteiger partial charge in [0.2, 0.25) is 0 Å². The van der Waals surface area contributed by atoms with Crippen molar-refractivity contribution < 1.29 is 19.0 Å². The van der Waals surface area contributed by atoms with Crippen LogP contribution in [0.5, 0.6) is 0 Å². The van der Waals surface area contributed by atoms with Crippen LogP contribution in [0.2, 0.25) is 0 Å². The van der Waals surface area contributed by atoms with Gasteiger partial charge in [-0.15, -0.1) is 0 Å². The van der Waals surface area contributed by atoms with Crippen LogP contribution in [0.25, 0.3) is 0 Å². The average molecular weight is 240 g/mol. The molecule has 1 heterocycles. The van der Waals surface area contributed by atoms with Crippen molar-refractivity contribution >= 4 is 5.97 Å². The second-order valence-electron chi connectivity index (χ2n) is 4.60. The number of hydrogen-bond donors (Lipinski definition) is 0. The van der Waals surface area contributed by atoms with E-state index < -0.39 is 0 Å². The Bertz CT molecular complexity index is 286. The molecule has 96 valence electrons. The molecule has 1 unspecified atom stereocenters. The third-order valence-electron chi connectivity index (χ3n) is 3.61. The zero-order valence-corrected chi connectivity index (χ0v) is 10.3. The van der Waals surface area contributed by atoms with Crippen molar-refractivity contribution in [1.29, 1.82) is 0 Å². The first-order chi connectivity index (χ1) is 8.27. The number of esters is 1. The Morgan fingerprint density at radius 1 is 1.47 bits per heavy atom. The fourth-order valence-electron chi connectivity index (χ4n) is 2.78. The molecular weight excluding hydrogens is 220 g/mol. The van der Waals surface area contributed by atoms with Gasteiger partial charge in [-0.05, 0) is 25.7 Å². The molecule has 1 saturated carbocycles. The maximum absolute atomic E-state index is 10.9. The van der Waals surface area contributed by atoms with E-state index in [9.17, 15) is 4.79 Å². The topological polar surface area (TPSA) is 44.8 Å². The van der Waals surface area contributed by atoms with Gasteiger partial charge in [0.05, 0.1) is 20.3 Å². The van der Waals surface area contributed by atoms with E-state index in [2.05, 4.69) is 4.74 Å². The van der Waals surface area contributed by atoms with Crippen molar-refractivity contribution in [3.8, 4) is 0 Å². The van der Waals surface area contributed by atoms with Crippen molar-refractivity contribution in [3.63, 3.8) is 0 Å². The highest BCUT2D eigenvalue weighted by atomic mass is 16.7. The molecule has 2 aliphatic rings. The van der Waals surface area contributed by atoms with Crippen LogP contribution >= 0.6 is 0 Å². The molecule has 0 bridgehead atoms. The maximum Gasteiger partial charge on any atom is 0.330 e. The highest BCUT2D eigenvalue weighted by molar-refractivity contribution is 5.81. The second kappa shape index (κ2) is 5.65. The normalized spacial score (nSPS) is 27.0. The molecule has 0 N–H and O–H groups in total. The van der Waals surface area contributed by atoms with Crippen LogP contribution in [-0.4, -0.2) is 32.1 Å². The standard InChI is InChI=1S/C13H20O4/c1-15-12(14)7-3-2-5-11-6-4-8-13(11)16-9-10-17-13/h3,7,11H,2,4-6,8-10H2,1H3/b7-3+. The first kappa shape index (κ1) is 12.6. The monoisotopic (exact) mass is 240 g/mol. The van der Waals surface area contributed by atoms with Crippen LogP contribution in [0.3, 0.4) is 0 Å². The fraction of sp³-hybridized carbons (Fsp3) is 0.769. The number of methoxy groups -OCH3 is 1. The van der Waals surface area contributed by atoms with Crippen LogP contribution in [0, 0.1) is 5.92 Å². The summed E-state index contributed by atoms with van der Waals surface area (Å²) in [5, 5.41) is 0. The second-order valence-corrected chi connectivity index (χ2v) is 4.60. The van der Waals surface area contributed by atoms with Crippen molar-refractivity contribution in [2.45, 2.75) is 37.9 Å². The van der Waals surface area contributed by atoms with Gasteiger partial charge in [-0.3, -0.25) is 0 Å². The molecule has 4 heteroatoms. The van der Waals surface area contributed by atoms with E-state index in [1.54, 1.807) is 0 Å². The van der Waals surface area contributed by atoms with E-state index in [-0.39, 0.29) is 11.8 Å². The van der Waals surface area contributed by atoms with E-state index >= 15 is 0 Å². The first-order valence-corrected chi connectivity index (χ1v) is 6.29. The summed E-state index contributed by atoms with van der Waals surface area (Å²) in [6.07, 6.45) is 8.57. The Labute approximate surface area is 102 Å². The van der Waals surface area contributed by atoms with Gasteiger partial charge >= 0.3 is 5.97 Å². The lowest BCUT2D eigenvalue weighted by atomic mass is 9.96. The molecule has 17 heavy (non-hydrogen) atoms. The number of carbonyl (C=O) groups is 1. The fourth-order valence-corrected chi connectivity index (χ4v) is 2.78. The Balaban J connectivity index is 1.79. The molecule has 1 aliphatic heterocycles. The third kappa shape index (κ3) is 2.87. The molecule has 1 spiro atoms. The van der Waals surface area contributed by atoms with Gasteiger partial charge < -0.3 is 14.2 Å². The lowest BCUT2D eigenvalue weighted by Crippen LogP contribution is -2.34. The highest BCUT2D eigenvalue weighted by Gasteiger charge is 2.47. The minimum Gasteiger partial charge on any atom is -0.466 e. The van der Waals surface area contributed by atoms with Crippen molar-refractivity contribution in [2.75, 3.05) is 20.3 Å². The summed E-state index contributed by atoms with van der Waals surface area (Å²) in [7, 11) is 1.39. The molecule has 1 aliphatic carbocycles. The Morgan fingerprint density at radius 2 is 2.24 bits per heavy atom. The van der Waals surface area contributed by atoms with E-state index in [0.29, 0.717) is 19.1 Å². The number of carbonyl (C=O) groups excluding carboxylic acids is 1. The summed E-state index contributed by atoms with van der Waals surface area (Å²) in [6, 6.07) is 0. The zero-order chi connectivity index (χ0) is 12.1. The van der Waals surface area contributed by atoms with Gasteiger partial charge in [-0.2, -0.15) is 0 Å². The van der Waals surface area contributed by atoms with Crippen LogP contribution in [-0.2, 0) is 19.0 Å². The zero-order valence-electron chi connectivity index (χ0n) is 10.3. The maximum atomic E-state index is 10.9. The number of hydrogen-bond acceptors (Lipinski definition) is 4. The molecule has 4 nitrogen and oxygen atoms in total. The first-order valence-electron chi connectivity index (χ1n) is 6.29. The van der Waals surface area contributed by atoms with Crippen molar-refractivity contribution in [3.05, 3.63) is 12.2 Å². The van der Waals surface area contributed by atoms with E-state index in [1.807, 2.05) is 6.08 Å². The van der Waals surface area contributed by atoms with Gasteiger partial charge in [0.1, 0.15) is 0 Å².